The summed E-state index contributed by atoms with van der Waals surface area (Å²) in [7, 11) is -2.31. The molecule has 0 N–H and O–H groups in total. The molecule has 9 heteroatoms. The second kappa shape index (κ2) is 9.68. The van der Waals surface area contributed by atoms with E-state index in [1.165, 1.54) is 7.11 Å². The summed E-state index contributed by atoms with van der Waals surface area (Å²) in [5.41, 5.74) is 1.09. The third-order valence-corrected chi connectivity index (χ3v) is 5.49. The highest BCUT2D eigenvalue weighted by Gasteiger charge is 2.25. The van der Waals surface area contributed by atoms with Gasteiger partial charge in [-0.05, 0) is 42.7 Å². The van der Waals surface area contributed by atoms with Crippen molar-refractivity contribution in [2.24, 2.45) is 0 Å². The van der Waals surface area contributed by atoms with Gasteiger partial charge in [0.25, 0.3) is 5.91 Å². The van der Waals surface area contributed by atoms with E-state index in [1.807, 2.05) is 0 Å². The molecule has 0 bridgehead atoms. The molecule has 1 fully saturated rings. The van der Waals surface area contributed by atoms with Gasteiger partial charge in [-0.1, -0.05) is 29.8 Å². The van der Waals surface area contributed by atoms with Crippen LogP contribution in [-0.2, 0) is 21.4 Å². The molecule has 162 valence electrons. The van der Waals surface area contributed by atoms with Crippen LogP contribution in [0.5, 0.6) is 11.5 Å². The Bertz CT molecular complexity index is 1000. The van der Waals surface area contributed by atoms with Crippen molar-refractivity contribution in [1.29, 1.82) is 0 Å². The van der Waals surface area contributed by atoms with E-state index in [1.54, 1.807) is 47.4 Å². The number of nitrogens with zero attached hydrogens (tertiary/aromatic N) is 1. The number of amides is 1. The zero-order valence-corrected chi connectivity index (χ0v) is 18.4. The van der Waals surface area contributed by atoms with Crippen molar-refractivity contribution in [2.75, 3.05) is 26.5 Å². The van der Waals surface area contributed by atoms with Gasteiger partial charge in [-0.25, -0.2) is 0 Å². The molecule has 1 amide bonds. The Kier molecular flexibility index (Phi) is 7.23. The second-order valence-corrected chi connectivity index (χ2v) is 9.06. The first-order valence-electron chi connectivity index (χ1n) is 9.48. The Morgan fingerprint density at radius 3 is 2.63 bits per heavy atom. The summed E-state index contributed by atoms with van der Waals surface area (Å²) in [4.78, 5) is 14.9. The van der Waals surface area contributed by atoms with Gasteiger partial charge in [0.1, 0.15) is 0 Å². The number of rotatable bonds is 8. The normalized spacial score (nSPS) is 16.3. The topological polar surface area (TPSA) is 82.1 Å². The Labute approximate surface area is 181 Å². The molecule has 1 atom stereocenters. The molecule has 1 aliphatic heterocycles. The van der Waals surface area contributed by atoms with Crippen molar-refractivity contribution in [2.45, 2.75) is 25.5 Å². The van der Waals surface area contributed by atoms with Crippen LogP contribution in [0.1, 0.15) is 28.8 Å². The minimum atomic E-state index is -3.74. The molecule has 2 aromatic rings. The molecule has 30 heavy (non-hydrogen) atoms. The summed E-state index contributed by atoms with van der Waals surface area (Å²) < 4.78 is 39.1. The minimum Gasteiger partial charge on any atom is -0.493 e. The lowest BCUT2D eigenvalue weighted by Gasteiger charge is -2.26. The van der Waals surface area contributed by atoms with Crippen LogP contribution in [0.3, 0.4) is 0 Å². The predicted molar refractivity (Wildman–Crippen MR) is 114 cm³/mol. The number of hydrogen-bond acceptors (Lipinski definition) is 6. The first-order chi connectivity index (χ1) is 14.3. The van der Waals surface area contributed by atoms with E-state index in [0.29, 0.717) is 29.3 Å². The van der Waals surface area contributed by atoms with E-state index in [4.69, 9.17) is 25.3 Å². The van der Waals surface area contributed by atoms with Crippen LogP contribution in [-0.4, -0.2) is 51.8 Å². The molecule has 0 unspecified atom stereocenters. The van der Waals surface area contributed by atoms with E-state index >= 15 is 0 Å². The van der Waals surface area contributed by atoms with Gasteiger partial charge in [-0.2, -0.15) is 8.42 Å². The summed E-state index contributed by atoms with van der Waals surface area (Å²) in [5.74, 6) is 0.129. The van der Waals surface area contributed by atoms with E-state index < -0.39 is 10.1 Å². The molecule has 0 radical (unpaired) electrons. The standard InChI is InChI=1S/C21H24ClNO6S/c1-27-19-10-9-15(12-20(19)29-30(2,25)26)13-23(14-16-6-5-11-28-16)21(24)17-7-3-4-8-18(17)22/h3-4,7-10,12,16H,5-6,11,13-14H2,1-2H3/t16-/m0/s1. The van der Waals surface area contributed by atoms with Crippen LogP contribution < -0.4 is 8.92 Å². The number of ether oxygens (including phenoxy) is 2. The lowest BCUT2D eigenvalue weighted by atomic mass is 10.1. The maximum absolute atomic E-state index is 13.2. The number of benzene rings is 2. The van der Waals surface area contributed by atoms with Crippen LogP contribution in [0.4, 0.5) is 0 Å². The molecule has 7 nitrogen and oxygen atoms in total. The monoisotopic (exact) mass is 453 g/mol. The van der Waals surface area contributed by atoms with Gasteiger partial charge < -0.3 is 18.6 Å². The zero-order chi connectivity index (χ0) is 21.7. The Morgan fingerprint density at radius 2 is 2.00 bits per heavy atom. The Hall–Kier alpha value is -2.29. The quantitative estimate of drug-likeness (QED) is 0.569. The summed E-state index contributed by atoms with van der Waals surface area (Å²) in [5, 5.41) is 0.371. The van der Waals surface area contributed by atoms with Crippen molar-refractivity contribution in [1.82, 2.24) is 4.90 Å². The van der Waals surface area contributed by atoms with Crippen LogP contribution in [0.25, 0.3) is 0 Å². The minimum absolute atomic E-state index is 0.0542. The molecule has 1 aliphatic rings. The van der Waals surface area contributed by atoms with Gasteiger partial charge in [-0.3, -0.25) is 4.79 Å². The molecular formula is C21H24ClNO6S. The second-order valence-electron chi connectivity index (χ2n) is 7.07. The molecule has 1 saturated heterocycles. The molecule has 0 saturated carbocycles. The molecule has 0 aliphatic carbocycles. The number of carbonyl (C=O) groups is 1. The smallest absolute Gasteiger partial charge is 0.306 e. The van der Waals surface area contributed by atoms with Crippen molar-refractivity contribution >= 4 is 27.6 Å². The van der Waals surface area contributed by atoms with E-state index in [9.17, 15) is 13.2 Å². The van der Waals surface area contributed by atoms with Crippen molar-refractivity contribution in [3.63, 3.8) is 0 Å². The maximum Gasteiger partial charge on any atom is 0.306 e. The number of halogens is 1. The van der Waals surface area contributed by atoms with Crippen molar-refractivity contribution < 1.29 is 26.9 Å². The molecule has 1 heterocycles. The van der Waals surface area contributed by atoms with Gasteiger partial charge in [0.2, 0.25) is 0 Å². The highest BCUT2D eigenvalue weighted by molar-refractivity contribution is 7.86. The molecule has 0 aromatic heterocycles. The predicted octanol–water partition coefficient (Wildman–Crippen LogP) is 3.51. The Morgan fingerprint density at radius 1 is 1.23 bits per heavy atom. The zero-order valence-electron chi connectivity index (χ0n) is 16.8. The highest BCUT2D eigenvalue weighted by Crippen LogP contribution is 2.30. The van der Waals surface area contributed by atoms with Gasteiger partial charge in [0, 0.05) is 19.7 Å². The summed E-state index contributed by atoms with van der Waals surface area (Å²) in [6.45, 7) is 1.31. The molecule has 3 rings (SSSR count). The fourth-order valence-corrected chi connectivity index (χ4v) is 4.00. The van der Waals surface area contributed by atoms with Gasteiger partial charge >= 0.3 is 10.1 Å². The van der Waals surface area contributed by atoms with Crippen molar-refractivity contribution in [3.05, 3.63) is 58.6 Å². The average Bonchev–Trinajstić information content (AvgIpc) is 3.19. The van der Waals surface area contributed by atoms with Gasteiger partial charge in [0.15, 0.2) is 11.5 Å². The van der Waals surface area contributed by atoms with Gasteiger partial charge in [-0.15, -0.1) is 0 Å². The van der Waals surface area contributed by atoms with Crippen LogP contribution in [0.15, 0.2) is 42.5 Å². The average molecular weight is 454 g/mol. The third kappa shape index (κ3) is 5.87. The molecule has 0 spiro atoms. The lowest BCUT2D eigenvalue weighted by Crippen LogP contribution is -2.37. The third-order valence-electron chi connectivity index (χ3n) is 4.68. The van der Waals surface area contributed by atoms with Crippen LogP contribution >= 0.6 is 11.6 Å². The highest BCUT2D eigenvalue weighted by atomic mass is 35.5. The SMILES string of the molecule is COc1ccc(CN(C[C@@H]2CCCO2)C(=O)c2ccccc2Cl)cc1OS(C)(=O)=O. The Balaban J connectivity index is 1.89. The lowest BCUT2D eigenvalue weighted by molar-refractivity contribution is 0.0507. The number of hydrogen-bond donors (Lipinski definition) is 0. The van der Waals surface area contributed by atoms with Crippen LogP contribution in [0.2, 0.25) is 5.02 Å². The first kappa shape index (κ1) is 22.4. The van der Waals surface area contributed by atoms with Gasteiger partial charge in [0.05, 0.1) is 30.1 Å². The molecular weight excluding hydrogens is 430 g/mol. The summed E-state index contributed by atoms with van der Waals surface area (Å²) in [6.07, 6.45) is 2.73. The fourth-order valence-electron chi connectivity index (χ4n) is 3.33. The molecule has 2 aromatic carbocycles. The largest absolute Gasteiger partial charge is 0.493 e. The van der Waals surface area contributed by atoms with E-state index in [-0.39, 0.29) is 30.1 Å². The van der Waals surface area contributed by atoms with Crippen molar-refractivity contribution in [3.8, 4) is 11.5 Å². The summed E-state index contributed by atoms with van der Waals surface area (Å²) >= 11 is 6.24. The van der Waals surface area contributed by atoms with Crippen LogP contribution in [0, 0.1) is 0 Å². The first-order valence-corrected chi connectivity index (χ1v) is 11.7. The number of methoxy groups -OCH3 is 1. The van der Waals surface area contributed by atoms with E-state index in [0.717, 1.165) is 19.1 Å². The fraction of sp³-hybridized carbons (Fsp3) is 0.381. The number of carbonyl (C=O) groups excluding carboxylic acids is 1. The maximum atomic E-state index is 13.2. The van der Waals surface area contributed by atoms with E-state index in [2.05, 4.69) is 0 Å². The summed E-state index contributed by atoms with van der Waals surface area (Å²) in [6, 6.07) is 11.8.